The van der Waals surface area contributed by atoms with Gasteiger partial charge in [0.15, 0.2) is 0 Å². The zero-order chi connectivity index (χ0) is 21.7. The molecule has 0 spiro atoms. The second kappa shape index (κ2) is 9.63. The predicted molar refractivity (Wildman–Crippen MR) is 111 cm³/mol. The number of hydrogen-bond donors (Lipinski definition) is 1. The number of furan rings is 1. The number of amides is 2. The van der Waals surface area contributed by atoms with Crippen LogP contribution in [-0.4, -0.2) is 55.6 Å². The van der Waals surface area contributed by atoms with Crippen molar-refractivity contribution in [3.05, 3.63) is 53.4 Å². The summed E-state index contributed by atoms with van der Waals surface area (Å²) in [7, 11) is -3.62. The topological polar surface area (TPSA) is 99.9 Å². The highest BCUT2D eigenvalue weighted by Crippen LogP contribution is 2.20. The molecule has 0 bridgehead atoms. The van der Waals surface area contributed by atoms with Gasteiger partial charge in [0.05, 0.1) is 17.2 Å². The molecule has 1 unspecified atom stereocenters. The van der Waals surface area contributed by atoms with Crippen LogP contribution in [0.1, 0.15) is 31.6 Å². The molecule has 2 heterocycles. The van der Waals surface area contributed by atoms with Crippen LogP contribution in [0.2, 0.25) is 5.02 Å². The van der Waals surface area contributed by atoms with Gasteiger partial charge in [-0.1, -0.05) is 11.6 Å². The number of piperazine rings is 1. The molecule has 1 aliphatic rings. The Kier molecular flexibility index (Phi) is 7.17. The Balaban J connectivity index is 1.46. The number of rotatable bonds is 7. The summed E-state index contributed by atoms with van der Waals surface area (Å²) in [6.07, 6.45) is 1.67. The molecular weight excluding hydrogens is 430 g/mol. The van der Waals surface area contributed by atoms with Gasteiger partial charge in [0.1, 0.15) is 5.76 Å². The van der Waals surface area contributed by atoms with E-state index in [1.807, 2.05) is 0 Å². The lowest BCUT2D eigenvalue weighted by molar-refractivity contribution is -0.134. The SMILES string of the molecule is CC(NC(=O)CCC(=O)N1CCN(S(=O)(=O)c2ccc(Cl)cc2)CC1)c1ccco1. The maximum absolute atomic E-state index is 12.7. The number of halogens is 1. The highest BCUT2D eigenvalue weighted by molar-refractivity contribution is 7.89. The Labute approximate surface area is 180 Å². The average Bonchev–Trinajstić information content (AvgIpc) is 3.27. The zero-order valence-electron chi connectivity index (χ0n) is 16.6. The third kappa shape index (κ3) is 5.41. The van der Waals surface area contributed by atoms with Crippen LogP contribution >= 0.6 is 11.6 Å². The molecule has 0 aliphatic carbocycles. The van der Waals surface area contributed by atoms with Crippen molar-refractivity contribution in [3.8, 4) is 0 Å². The predicted octanol–water partition coefficient (Wildman–Crippen LogP) is 2.42. The Bertz CT molecular complexity index is 968. The second-order valence-electron chi connectivity index (χ2n) is 7.04. The minimum Gasteiger partial charge on any atom is -0.467 e. The first-order chi connectivity index (χ1) is 14.3. The van der Waals surface area contributed by atoms with Crippen molar-refractivity contribution in [1.29, 1.82) is 0 Å². The van der Waals surface area contributed by atoms with Crippen LogP contribution in [0.25, 0.3) is 0 Å². The molecule has 1 aromatic carbocycles. The molecule has 8 nitrogen and oxygen atoms in total. The number of nitrogens with one attached hydrogen (secondary N) is 1. The summed E-state index contributed by atoms with van der Waals surface area (Å²) in [5.41, 5.74) is 0. The Morgan fingerprint density at radius 3 is 2.37 bits per heavy atom. The van der Waals surface area contributed by atoms with E-state index in [1.54, 1.807) is 24.0 Å². The normalized spacial score (nSPS) is 16.3. The van der Waals surface area contributed by atoms with E-state index in [4.69, 9.17) is 16.0 Å². The smallest absolute Gasteiger partial charge is 0.243 e. The molecule has 30 heavy (non-hydrogen) atoms. The quantitative estimate of drug-likeness (QED) is 0.694. The molecule has 0 radical (unpaired) electrons. The van der Waals surface area contributed by atoms with E-state index in [0.717, 1.165) is 0 Å². The number of carbonyl (C=O) groups is 2. The fourth-order valence-electron chi connectivity index (χ4n) is 3.23. The Hall–Kier alpha value is -2.36. The first-order valence-electron chi connectivity index (χ1n) is 9.63. The van der Waals surface area contributed by atoms with Gasteiger partial charge in [-0.15, -0.1) is 0 Å². The summed E-state index contributed by atoms with van der Waals surface area (Å²) >= 11 is 5.82. The molecular formula is C20H24ClN3O5S. The summed E-state index contributed by atoms with van der Waals surface area (Å²) in [5.74, 6) is 0.239. The van der Waals surface area contributed by atoms with Crippen molar-refractivity contribution >= 4 is 33.4 Å². The number of hydrogen-bond acceptors (Lipinski definition) is 5. The van der Waals surface area contributed by atoms with Crippen molar-refractivity contribution in [1.82, 2.24) is 14.5 Å². The molecule has 1 saturated heterocycles. The summed E-state index contributed by atoms with van der Waals surface area (Å²) < 4.78 is 32.0. The van der Waals surface area contributed by atoms with Crippen molar-refractivity contribution in [3.63, 3.8) is 0 Å². The van der Waals surface area contributed by atoms with E-state index in [2.05, 4.69) is 5.32 Å². The molecule has 1 aliphatic heterocycles. The van der Waals surface area contributed by atoms with Crippen LogP contribution in [0.15, 0.2) is 52.0 Å². The number of benzene rings is 1. The van der Waals surface area contributed by atoms with Crippen molar-refractivity contribution in [2.75, 3.05) is 26.2 Å². The fourth-order valence-corrected chi connectivity index (χ4v) is 4.78. The van der Waals surface area contributed by atoms with Gasteiger partial charge in [-0.05, 0) is 43.3 Å². The largest absolute Gasteiger partial charge is 0.467 e. The lowest BCUT2D eigenvalue weighted by atomic mass is 10.2. The van der Waals surface area contributed by atoms with Gasteiger partial charge in [-0.2, -0.15) is 4.31 Å². The van der Waals surface area contributed by atoms with Crippen LogP contribution in [0.3, 0.4) is 0 Å². The Morgan fingerprint density at radius 1 is 1.10 bits per heavy atom. The van der Waals surface area contributed by atoms with Crippen LogP contribution in [0.5, 0.6) is 0 Å². The molecule has 1 N–H and O–H groups in total. The van der Waals surface area contributed by atoms with Crippen molar-refractivity contribution in [2.24, 2.45) is 0 Å². The minimum atomic E-state index is -3.62. The fraction of sp³-hybridized carbons (Fsp3) is 0.400. The van der Waals surface area contributed by atoms with Gasteiger partial charge in [-0.25, -0.2) is 8.42 Å². The molecule has 2 aromatic rings. The lowest BCUT2D eigenvalue weighted by Crippen LogP contribution is -2.50. The third-order valence-corrected chi connectivity index (χ3v) is 7.12. The summed E-state index contributed by atoms with van der Waals surface area (Å²) in [5, 5.41) is 3.25. The average molecular weight is 454 g/mol. The van der Waals surface area contributed by atoms with Crippen molar-refractivity contribution < 1.29 is 22.4 Å². The van der Waals surface area contributed by atoms with Gasteiger partial charge in [0.2, 0.25) is 21.8 Å². The van der Waals surface area contributed by atoms with Crippen molar-refractivity contribution in [2.45, 2.75) is 30.7 Å². The molecule has 2 amide bonds. The molecule has 0 saturated carbocycles. The van der Waals surface area contributed by atoms with Gasteiger partial charge >= 0.3 is 0 Å². The van der Waals surface area contributed by atoms with Gasteiger partial charge in [0, 0.05) is 44.0 Å². The number of carbonyl (C=O) groups excluding carboxylic acids is 2. The number of nitrogens with zero attached hydrogens (tertiary/aromatic N) is 2. The Morgan fingerprint density at radius 2 is 1.77 bits per heavy atom. The molecule has 1 atom stereocenters. The molecule has 3 rings (SSSR count). The monoisotopic (exact) mass is 453 g/mol. The van der Waals surface area contributed by atoms with Crippen LogP contribution in [0, 0.1) is 0 Å². The molecule has 162 valence electrons. The maximum atomic E-state index is 12.7. The van der Waals surface area contributed by atoms with Gasteiger partial charge < -0.3 is 14.6 Å². The van der Waals surface area contributed by atoms with E-state index in [-0.39, 0.29) is 61.8 Å². The van der Waals surface area contributed by atoms with E-state index >= 15 is 0 Å². The minimum absolute atomic E-state index is 0.0627. The molecule has 10 heteroatoms. The molecule has 1 fully saturated rings. The maximum Gasteiger partial charge on any atom is 0.243 e. The highest BCUT2D eigenvalue weighted by Gasteiger charge is 2.30. The van der Waals surface area contributed by atoms with Crippen LogP contribution in [0.4, 0.5) is 0 Å². The number of sulfonamides is 1. The van der Waals surface area contributed by atoms with E-state index in [9.17, 15) is 18.0 Å². The zero-order valence-corrected chi connectivity index (χ0v) is 18.2. The van der Waals surface area contributed by atoms with Crippen LogP contribution < -0.4 is 5.32 Å². The summed E-state index contributed by atoms with van der Waals surface area (Å²) in [6.45, 7) is 2.79. The molecule has 1 aromatic heterocycles. The van der Waals surface area contributed by atoms with Gasteiger partial charge in [-0.3, -0.25) is 9.59 Å². The second-order valence-corrected chi connectivity index (χ2v) is 9.42. The first kappa shape index (κ1) is 22.3. The van der Waals surface area contributed by atoms with E-state index < -0.39 is 10.0 Å². The van der Waals surface area contributed by atoms with Crippen LogP contribution in [-0.2, 0) is 19.6 Å². The standard InChI is InChI=1S/C20H24ClN3O5S/c1-15(18-3-2-14-29-18)22-19(25)8-9-20(26)23-10-12-24(13-11-23)30(27,28)17-6-4-16(21)5-7-17/h2-7,14-15H,8-13H2,1H3,(H,22,25). The first-order valence-corrected chi connectivity index (χ1v) is 11.5. The van der Waals surface area contributed by atoms with E-state index in [0.29, 0.717) is 10.8 Å². The summed E-state index contributed by atoms with van der Waals surface area (Å²) in [6, 6.07) is 9.25. The van der Waals surface area contributed by atoms with Gasteiger partial charge in [0.25, 0.3) is 0 Å². The summed E-state index contributed by atoms with van der Waals surface area (Å²) in [4.78, 5) is 26.3. The van der Waals surface area contributed by atoms with E-state index in [1.165, 1.54) is 34.8 Å². The lowest BCUT2D eigenvalue weighted by Gasteiger charge is -2.34. The third-order valence-electron chi connectivity index (χ3n) is 4.96. The highest BCUT2D eigenvalue weighted by atomic mass is 35.5.